The minimum absolute atomic E-state index is 0.403. The first-order valence-electron chi connectivity index (χ1n) is 8.07. The van der Waals surface area contributed by atoms with Crippen molar-refractivity contribution in [2.24, 2.45) is 17.2 Å². The Kier molecular flexibility index (Phi) is 11.0. The SMILES string of the molecule is NC(=O)C[C@H](NC(=O)CNC(=O)CNC(=O)CNC(=O)[C@@H](N)CC(N)=O)C(=O)O. The van der Waals surface area contributed by atoms with Gasteiger partial charge in [0.25, 0.3) is 0 Å². The zero-order chi connectivity index (χ0) is 22.6. The molecule has 0 aromatic heterocycles. The topological polar surface area (TPSA) is 266 Å². The van der Waals surface area contributed by atoms with Crippen molar-refractivity contribution in [3.63, 3.8) is 0 Å². The monoisotopic (exact) mass is 417 g/mol. The predicted octanol–water partition coefficient (Wildman–Crippen LogP) is -6.02. The van der Waals surface area contributed by atoms with Crippen molar-refractivity contribution >= 4 is 41.4 Å². The zero-order valence-electron chi connectivity index (χ0n) is 15.2. The highest BCUT2D eigenvalue weighted by Gasteiger charge is 2.22. The Hall–Kier alpha value is -3.75. The molecule has 0 saturated heterocycles. The molecule has 0 aromatic carbocycles. The number of rotatable bonds is 13. The molecule has 15 heteroatoms. The molecular weight excluding hydrogens is 394 g/mol. The summed E-state index contributed by atoms with van der Waals surface area (Å²) >= 11 is 0. The summed E-state index contributed by atoms with van der Waals surface area (Å²) in [6, 6.07) is -2.76. The van der Waals surface area contributed by atoms with Gasteiger partial charge in [0.2, 0.25) is 35.4 Å². The van der Waals surface area contributed by atoms with E-state index in [2.05, 4.69) is 16.0 Å². The summed E-state index contributed by atoms with van der Waals surface area (Å²) in [5, 5.41) is 17.2. The summed E-state index contributed by atoms with van der Waals surface area (Å²) in [5.74, 6) is -6.43. The van der Waals surface area contributed by atoms with Crippen LogP contribution in [0.5, 0.6) is 0 Å². The van der Waals surface area contributed by atoms with E-state index in [0.717, 1.165) is 0 Å². The first-order valence-corrected chi connectivity index (χ1v) is 8.07. The maximum absolute atomic E-state index is 11.6. The number of carbonyl (C=O) groups is 7. The highest BCUT2D eigenvalue weighted by Crippen LogP contribution is 1.91. The van der Waals surface area contributed by atoms with Crippen molar-refractivity contribution in [2.75, 3.05) is 19.6 Å². The molecule has 0 heterocycles. The fourth-order valence-electron chi connectivity index (χ4n) is 1.74. The first kappa shape index (κ1) is 25.2. The van der Waals surface area contributed by atoms with Crippen molar-refractivity contribution in [2.45, 2.75) is 24.9 Å². The third kappa shape index (κ3) is 12.3. The largest absolute Gasteiger partial charge is 0.480 e. The number of hydrogen-bond acceptors (Lipinski definition) is 8. The minimum Gasteiger partial charge on any atom is -0.480 e. The van der Waals surface area contributed by atoms with Crippen LogP contribution in [0.4, 0.5) is 0 Å². The molecule has 0 radical (unpaired) electrons. The average Bonchev–Trinajstić information content (AvgIpc) is 2.60. The number of carbonyl (C=O) groups excluding carboxylic acids is 6. The van der Waals surface area contributed by atoms with Crippen LogP contribution in [0.25, 0.3) is 0 Å². The van der Waals surface area contributed by atoms with Gasteiger partial charge in [0.15, 0.2) is 0 Å². The van der Waals surface area contributed by atoms with E-state index in [-0.39, 0.29) is 0 Å². The molecule has 15 nitrogen and oxygen atoms in total. The molecule has 11 N–H and O–H groups in total. The molecular formula is C14H23N7O8. The van der Waals surface area contributed by atoms with Crippen molar-refractivity contribution in [1.29, 1.82) is 0 Å². The molecule has 0 rings (SSSR count). The van der Waals surface area contributed by atoms with Crippen molar-refractivity contribution in [3.8, 4) is 0 Å². The molecule has 2 atom stereocenters. The molecule has 0 aliphatic rings. The lowest BCUT2D eigenvalue weighted by Gasteiger charge is -2.13. The number of hydrogen-bond donors (Lipinski definition) is 8. The zero-order valence-corrected chi connectivity index (χ0v) is 15.2. The normalized spacial score (nSPS) is 12.0. The first-order chi connectivity index (χ1) is 13.4. The Morgan fingerprint density at radius 2 is 1.17 bits per heavy atom. The lowest BCUT2D eigenvalue weighted by atomic mass is 10.2. The van der Waals surface area contributed by atoms with Gasteiger partial charge in [-0.2, -0.15) is 0 Å². The summed E-state index contributed by atoms with van der Waals surface area (Å²) in [6.45, 7) is -1.68. The maximum atomic E-state index is 11.6. The highest BCUT2D eigenvalue weighted by molar-refractivity contribution is 5.93. The molecule has 0 bridgehead atoms. The lowest BCUT2D eigenvalue weighted by molar-refractivity contribution is -0.143. The van der Waals surface area contributed by atoms with E-state index in [4.69, 9.17) is 22.3 Å². The van der Waals surface area contributed by atoms with Crippen molar-refractivity contribution in [3.05, 3.63) is 0 Å². The molecule has 0 saturated carbocycles. The molecule has 6 amide bonds. The van der Waals surface area contributed by atoms with E-state index in [0.29, 0.717) is 0 Å². The summed E-state index contributed by atoms with van der Waals surface area (Å²) < 4.78 is 0. The average molecular weight is 417 g/mol. The van der Waals surface area contributed by atoms with Crippen LogP contribution in [0.15, 0.2) is 0 Å². The van der Waals surface area contributed by atoms with E-state index in [9.17, 15) is 33.6 Å². The minimum atomic E-state index is -1.54. The number of aliphatic carboxylic acids is 1. The van der Waals surface area contributed by atoms with Gasteiger partial charge < -0.3 is 43.6 Å². The van der Waals surface area contributed by atoms with Crippen LogP contribution in [-0.2, 0) is 33.6 Å². The van der Waals surface area contributed by atoms with Gasteiger partial charge in [0.05, 0.1) is 38.5 Å². The van der Waals surface area contributed by atoms with Crippen LogP contribution >= 0.6 is 0 Å². The molecule has 0 spiro atoms. The van der Waals surface area contributed by atoms with E-state index >= 15 is 0 Å². The Labute approximate surface area is 164 Å². The second-order valence-electron chi connectivity index (χ2n) is 5.68. The third-order valence-electron chi connectivity index (χ3n) is 3.11. The number of nitrogens with two attached hydrogens (primary N) is 3. The Bertz CT molecular complexity index is 681. The standard InChI is InChI=1S/C14H23N7O8/c15-6(1-8(16)22)13(27)20-4-11(25)18-3-10(24)19-5-12(26)21-7(14(28)29)2-9(17)23/h6-7H,1-5,15H2,(H2,16,22)(H2,17,23)(H,18,25)(H,19,24)(H,20,27)(H,21,26)(H,28,29)/t6-,7-/m0/s1. The number of nitrogens with one attached hydrogen (secondary N) is 4. The number of carboxylic acids is 1. The van der Waals surface area contributed by atoms with Gasteiger partial charge in [-0.05, 0) is 0 Å². The molecule has 0 aliphatic carbocycles. The van der Waals surface area contributed by atoms with E-state index < -0.39 is 86.0 Å². The van der Waals surface area contributed by atoms with E-state index in [1.165, 1.54) is 0 Å². The maximum Gasteiger partial charge on any atom is 0.326 e. The van der Waals surface area contributed by atoms with Crippen LogP contribution < -0.4 is 38.5 Å². The Morgan fingerprint density at radius 1 is 0.724 bits per heavy atom. The van der Waals surface area contributed by atoms with Crippen LogP contribution in [0.1, 0.15) is 12.8 Å². The van der Waals surface area contributed by atoms with Gasteiger partial charge in [-0.15, -0.1) is 0 Å². The third-order valence-corrected chi connectivity index (χ3v) is 3.11. The van der Waals surface area contributed by atoms with Gasteiger partial charge in [0.1, 0.15) is 6.04 Å². The fraction of sp³-hybridized carbons (Fsp3) is 0.500. The van der Waals surface area contributed by atoms with Gasteiger partial charge in [-0.25, -0.2) is 4.79 Å². The van der Waals surface area contributed by atoms with E-state index in [1.54, 1.807) is 0 Å². The van der Waals surface area contributed by atoms with Gasteiger partial charge in [-0.1, -0.05) is 0 Å². The summed E-state index contributed by atoms with van der Waals surface area (Å²) in [6.07, 6.45) is -1.03. The summed E-state index contributed by atoms with van der Waals surface area (Å²) in [5.41, 5.74) is 15.1. The summed E-state index contributed by atoms with van der Waals surface area (Å²) in [7, 11) is 0. The van der Waals surface area contributed by atoms with Gasteiger partial charge in [-0.3, -0.25) is 28.8 Å². The molecule has 29 heavy (non-hydrogen) atoms. The Morgan fingerprint density at radius 3 is 1.62 bits per heavy atom. The lowest BCUT2D eigenvalue weighted by Crippen LogP contribution is -2.49. The second kappa shape index (κ2) is 12.6. The number of primary amides is 2. The van der Waals surface area contributed by atoms with Gasteiger partial charge >= 0.3 is 5.97 Å². The van der Waals surface area contributed by atoms with Crippen LogP contribution in [-0.4, -0.2) is 78.2 Å². The van der Waals surface area contributed by atoms with Crippen LogP contribution in [0.2, 0.25) is 0 Å². The fourth-order valence-corrected chi connectivity index (χ4v) is 1.74. The van der Waals surface area contributed by atoms with Crippen molar-refractivity contribution < 1.29 is 38.7 Å². The Balaban J connectivity index is 4.16. The van der Waals surface area contributed by atoms with Crippen molar-refractivity contribution in [1.82, 2.24) is 21.3 Å². The molecule has 162 valence electrons. The van der Waals surface area contributed by atoms with Crippen LogP contribution in [0.3, 0.4) is 0 Å². The second-order valence-corrected chi connectivity index (χ2v) is 5.68. The van der Waals surface area contributed by atoms with Crippen LogP contribution in [0, 0.1) is 0 Å². The molecule has 0 aromatic rings. The van der Waals surface area contributed by atoms with E-state index in [1.807, 2.05) is 5.32 Å². The molecule has 0 unspecified atom stereocenters. The number of amides is 6. The summed E-state index contributed by atoms with van der Waals surface area (Å²) in [4.78, 5) is 78.4. The molecule has 0 fully saturated rings. The number of carboxylic acid groups (broad SMARTS) is 1. The van der Waals surface area contributed by atoms with Gasteiger partial charge in [0, 0.05) is 0 Å². The molecule has 0 aliphatic heterocycles. The highest BCUT2D eigenvalue weighted by atomic mass is 16.4. The predicted molar refractivity (Wildman–Crippen MR) is 94.2 cm³/mol. The smallest absolute Gasteiger partial charge is 0.326 e. The quantitative estimate of drug-likeness (QED) is 0.141.